The number of fused-ring (bicyclic) bond motifs is 1. The minimum atomic E-state index is -0.0424. The fraction of sp³-hybridized carbons (Fsp3) is 0.462. The van der Waals surface area contributed by atoms with Gasteiger partial charge in [-0.25, -0.2) is 4.98 Å². The highest BCUT2D eigenvalue weighted by atomic mass is 16.5. The Bertz CT molecular complexity index is 506. The summed E-state index contributed by atoms with van der Waals surface area (Å²) in [7, 11) is 1.65. The Morgan fingerprint density at radius 1 is 1.44 bits per heavy atom. The van der Waals surface area contributed by atoms with E-state index in [1.54, 1.807) is 7.11 Å². The van der Waals surface area contributed by atoms with Crippen LogP contribution in [0.15, 0.2) is 24.3 Å². The number of aliphatic hydroxyl groups excluding tert-OH is 1. The summed E-state index contributed by atoms with van der Waals surface area (Å²) < 4.78 is 7.32. The van der Waals surface area contributed by atoms with Gasteiger partial charge in [0, 0.05) is 26.6 Å². The van der Waals surface area contributed by atoms with E-state index in [0.29, 0.717) is 19.5 Å². The minimum Gasteiger partial charge on any atom is -0.395 e. The molecule has 98 valence electrons. The Kier molecular flexibility index (Phi) is 4.30. The van der Waals surface area contributed by atoms with Crippen molar-refractivity contribution < 1.29 is 9.84 Å². The first-order chi connectivity index (χ1) is 8.80. The van der Waals surface area contributed by atoms with Crippen LogP contribution in [0.25, 0.3) is 11.0 Å². The van der Waals surface area contributed by atoms with Crippen LogP contribution in [0.4, 0.5) is 0 Å². The van der Waals surface area contributed by atoms with Crippen LogP contribution < -0.4 is 5.73 Å². The molecule has 0 saturated heterocycles. The summed E-state index contributed by atoms with van der Waals surface area (Å²) in [4.78, 5) is 4.58. The molecule has 1 unspecified atom stereocenters. The van der Waals surface area contributed by atoms with Crippen LogP contribution in [0.3, 0.4) is 0 Å². The van der Waals surface area contributed by atoms with Crippen molar-refractivity contribution in [2.75, 3.05) is 20.3 Å². The van der Waals surface area contributed by atoms with Crippen molar-refractivity contribution in [3.8, 4) is 0 Å². The second-order valence-corrected chi connectivity index (χ2v) is 4.19. The van der Waals surface area contributed by atoms with Gasteiger partial charge in [0.25, 0.3) is 0 Å². The molecule has 0 bridgehead atoms. The maximum absolute atomic E-state index is 9.17. The molecular weight excluding hydrogens is 230 g/mol. The number of methoxy groups -OCH3 is 1. The highest BCUT2D eigenvalue weighted by molar-refractivity contribution is 5.75. The summed E-state index contributed by atoms with van der Waals surface area (Å²) >= 11 is 0. The van der Waals surface area contributed by atoms with Crippen molar-refractivity contribution in [2.24, 2.45) is 5.73 Å². The zero-order valence-electron chi connectivity index (χ0n) is 10.5. The van der Waals surface area contributed by atoms with Gasteiger partial charge in [0.05, 0.1) is 23.7 Å². The number of hydrogen-bond acceptors (Lipinski definition) is 4. The third-order valence-electron chi connectivity index (χ3n) is 3.06. The molecule has 0 aliphatic heterocycles. The molecule has 0 amide bonds. The van der Waals surface area contributed by atoms with E-state index in [1.807, 2.05) is 28.8 Å². The summed E-state index contributed by atoms with van der Waals surface area (Å²) in [6, 6.07) is 7.90. The molecular formula is C13H19N3O2. The topological polar surface area (TPSA) is 73.3 Å². The SMILES string of the molecule is COC(CN)Cc1nc2ccccc2n1CCO. The van der Waals surface area contributed by atoms with Crippen molar-refractivity contribution in [2.45, 2.75) is 19.1 Å². The first-order valence-electron chi connectivity index (χ1n) is 6.08. The van der Waals surface area contributed by atoms with E-state index >= 15 is 0 Å². The van der Waals surface area contributed by atoms with Gasteiger partial charge in [-0.3, -0.25) is 0 Å². The molecule has 1 aromatic heterocycles. The summed E-state index contributed by atoms with van der Waals surface area (Å²) in [6.45, 7) is 1.09. The smallest absolute Gasteiger partial charge is 0.112 e. The van der Waals surface area contributed by atoms with Crippen molar-refractivity contribution in [1.82, 2.24) is 9.55 Å². The second kappa shape index (κ2) is 5.95. The molecule has 0 spiro atoms. The van der Waals surface area contributed by atoms with Gasteiger partial charge in [-0.1, -0.05) is 12.1 Å². The number of ether oxygens (including phenoxy) is 1. The third kappa shape index (κ3) is 2.53. The molecule has 1 aromatic carbocycles. The molecule has 1 heterocycles. The van der Waals surface area contributed by atoms with Crippen LogP contribution in [0, 0.1) is 0 Å². The maximum Gasteiger partial charge on any atom is 0.112 e. The molecule has 5 nitrogen and oxygen atoms in total. The van der Waals surface area contributed by atoms with Crippen LogP contribution in [0.5, 0.6) is 0 Å². The van der Waals surface area contributed by atoms with E-state index in [1.165, 1.54) is 0 Å². The maximum atomic E-state index is 9.17. The van der Waals surface area contributed by atoms with Crippen LogP contribution in [0.2, 0.25) is 0 Å². The molecule has 0 aliphatic carbocycles. The Morgan fingerprint density at radius 2 is 2.22 bits per heavy atom. The van der Waals surface area contributed by atoms with E-state index in [9.17, 15) is 0 Å². The van der Waals surface area contributed by atoms with E-state index in [0.717, 1.165) is 16.9 Å². The lowest BCUT2D eigenvalue weighted by Crippen LogP contribution is -2.26. The summed E-state index contributed by atoms with van der Waals surface area (Å²) in [5, 5.41) is 9.17. The molecule has 5 heteroatoms. The van der Waals surface area contributed by atoms with Gasteiger partial charge in [0.2, 0.25) is 0 Å². The zero-order valence-corrected chi connectivity index (χ0v) is 10.5. The normalized spacial score (nSPS) is 13.1. The molecule has 0 aliphatic rings. The van der Waals surface area contributed by atoms with Crippen LogP contribution in [0.1, 0.15) is 5.82 Å². The van der Waals surface area contributed by atoms with Crippen molar-refractivity contribution in [3.05, 3.63) is 30.1 Å². The number of para-hydroxylation sites is 2. The highest BCUT2D eigenvalue weighted by Gasteiger charge is 2.14. The number of rotatable bonds is 6. The first-order valence-corrected chi connectivity index (χ1v) is 6.08. The van der Waals surface area contributed by atoms with E-state index in [-0.39, 0.29) is 12.7 Å². The number of nitrogens with zero attached hydrogens (tertiary/aromatic N) is 2. The summed E-state index contributed by atoms with van der Waals surface area (Å²) in [5.74, 6) is 0.905. The van der Waals surface area contributed by atoms with Crippen molar-refractivity contribution >= 4 is 11.0 Å². The number of hydrogen-bond donors (Lipinski definition) is 2. The zero-order chi connectivity index (χ0) is 13.0. The Hall–Kier alpha value is -1.43. The van der Waals surface area contributed by atoms with E-state index in [2.05, 4.69) is 4.98 Å². The van der Waals surface area contributed by atoms with Gasteiger partial charge >= 0.3 is 0 Å². The average molecular weight is 249 g/mol. The number of aliphatic hydroxyl groups is 1. The lowest BCUT2D eigenvalue weighted by Gasteiger charge is -2.13. The monoisotopic (exact) mass is 249 g/mol. The molecule has 3 N–H and O–H groups in total. The van der Waals surface area contributed by atoms with Crippen LogP contribution in [-0.4, -0.2) is 41.0 Å². The second-order valence-electron chi connectivity index (χ2n) is 4.19. The first kappa shape index (κ1) is 13.0. The van der Waals surface area contributed by atoms with Gasteiger partial charge in [-0.15, -0.1) is 0 Å². The van der Waals surface area contributed by atoms with Crippen LogP contribution >= 0.6 is 0 Å². The van der Waals surface area contributed by atoms with E-state index < -0.39 is 0 Å². The van der Waals surface area contributed by atoms with Gasteiger partial charge in [-0.2, -0.15) is 0 Å². The Labute approximate surface area is 106 Å². The molecule has 2 aromatic rings. The van der Waals surface area contributed by atoms with Crippen LogP contribution in [-0.2, 0) is 17.7 Å². The molecule has 2 rings (SSSR count). The predicted molar refractivity (Wildman–Crippen MR) is 70.4 cm³/mol. The lowest BCUT2D eigenvalue weighted by atomic mass is 10.2. The Morgan fingerprint density at radius 3 is 2.89 bits per heavy atom. The lowest BCUT2D eigenvalue weighted by molar-refractivity contribution is 0.107. The highest BCUT2D eigenvalue weighted by Crippen LogP contribution is 2.17. The van der Waals surface area contributed by atoms with Crippen molar-refractivity contribution in [1.29, 1.82) is 0 Å². The number of nitrogens with two attached hydrogens (primary N) is 1. The van der Waals surface area contributed by atoms with Gasteiger partial charge in [0.15, 0.2) is 0 Å². The third-order valence-corrected chi connectivity index (χ3v) is 3.06. The average Bonchev–Trinajstić information content (AvgIpc) is 2.75. The molecule has 0 radical (unpaired) electrons. The van der Waals surface area contributed by atoms with E-state index in [4.69, 9.17) is 15.6 Å². The summed E-state index contributed by atoms with van der Waals surface area (Å²) in [5.41, 5.74) is 7.61. The molecule has 0 fully saturated rings. The largest absolute Gasteiger partial charge is 0.395 e. The number of benzene rings is 1. The van der Waals surface area contributed by atoms with Crippen molar-refractivity contribution in [3.63, 3.8) is 0 Å². The van der Waals surface area contributed by atoms with Gasteiger partial charge in [-0.05, 0) is 12.1 Å². The number of imidazole rings is 1. The van der Waals surface area contributed by atoms with Gasteiger partial charge < -0.3 is 20.1 Å². The standard InChI is InChI=1S/C13H19N3O2/c1-18-10(9-14)8-13-15-11-4-2-3-5-12(11)16(13)6-7-17/h2-5,10,17H,6-9,14H2,1H3. The quantitative estimate of drug-likeness (QED) is 0.784. The minimum absolute atomic E-state index is 0.0424. The predicted octanol–water partition coefficient (Wildman–Crippen LogP) is 0.545. The molecule has 1 atom stereocenters. The fourth-order valence-corrected chi connectivity index (χ4v) is 2.10. The number of aromatic nitrogens is 2. The fourth-order valence-electron chi connectivity index (χ4n) is 2.10. The summed E-state index contributed by atoms with van der Waals surface area (Å²) in [6.07, 6.45) is 0.612. The molecule has 0 saturated carbocycles. The Balaban J connectivity index is 2.38. The molecule has 18 heavy (non-hydrogen) atoms. The van der Waals surface area contributed by atoms with Gasteiger partial charge in [0.1, 0.15) is 5.82 Å².